The van der Waals surface area contributed by atoms with Crippen LogP contribution in [0.25, 0.3) is 0 Å². The smallest absolute Gasteiger partial charge is 0.255 e. The SMILES string of the molecule is NCC1CCCN(C(=O)c2cc(Br)sc2Br)C1. The second kappa shape index (κ2) is 5.82. The van der Waals surface area contributed by atoms with E-state index in [-0.39, 0.29) is 5.91 Å². The maximum Gasteiger partial charge on any atom is 0.255 e. The molecule has 3 nitrogen and oxygen atoms in total. The zero-order chi connectivity index (χ0) is 12.4. The molecule has 6 heteroatoms. The Labute approximate surface area is 122 Å². The summed E-state index contributed by atoms with van der Waals surface area (Å²) in [5.74, 6) is 0.561. The molecular formula is C11H14Br2N2OS. The predicted octanol–water partition coefficient (Wildman–Crippen LogP) is 3.08. The first-order valence-corrected chi connectivity index (χ1v) is 7.96. The lowest BCUT2D eigenvalue weighted by Gasteiger charge is -2.32. The lowest BCUT2D eigenvalue weighted by molar-refractivity contribution is 0.0678. The largest absolute Gasteiger partial charge is 0.338 e. The van der Waals surface area contributed by atoms with Gasteiger partial charge < -0.3 is 10.6 Å². The van der Waals surface area contributed by atoms with Gasteiger partial charge in [-0.3, -0.25) is 4.79 Å². The molecule has 0 radical (unpaired) electrons. The number of carbonyl (C=O) groups excluding carboxylic acids is 1. The fourth-order valence-electron chi connectivity index (χ4n) is 2.10. The summed E-state index contributed by atoms with van der Waals surface area (Å²) < 4.78 is 1.87. The number of rotatable bonds is 2. The normalized spacial score (nSPS) is 20.6. The molecule has 1 fully saturated rings. The van der Waals surface area contributed by atoms with Crippen LogP contribution < -0.4 is 5.73 Å². The van der Waals surface area contributed by atoms with Gasteiger partial charge in [-0.25, -0.2) is 0 Å². The number of likely N-dealkylation sites (tertiary alicyclic amines) is 1. The van der Waals surface area contributed by atoms with Gasteiger partial charge in [-0.05, 0) is 63.2 Å². The highest BCUT2D eigenvalue weighted by Crippen LogP contribution is 2.33. The topological polar surface area (TPSA) is 46.3 Å². The first-order chi connectivity index (χ1) is 8.11. The van der Waals surface area contributed by atoms with Crippen LogP contribution in [0.3, 0.4) is 0 Å². The molecule has 0 aromatic carbocycles. The molecule has 1 amide bonds. The second-order valence-electron chi connectivity index (χ2n) is 4.23. The average Bonchev–Trinajstić information content (AvgIpc) is 2.67. The average molecular weight is 382 g/mol. The number of halogens is 2. The number of carbonyl (C=O) groups is 1. The van der Waals surface area contributed by atoms with Crippen LogP contribution in [0.5, 0.6) is 0 Å². The Morgan fingerprint density at radius 3 is 2.94 bits per heavy atom. The molecule has 1 aromatic heterocycles. The Bertz CT molecular complexity index is 422. The molecule has 0 aliphatic carbocycles. The van der Waals surface area contributed by atoms with E-state index in [1.54, 1.807) is 0 Å². The minimum Gasteiger partial charge on any atom is -0.338 e. The van der Waals surface area contributed by atoms with Crippen molar-refractivity contribution in [3.63, 3.8) is 0 Å². The van der Waals surface area contributed by atoms with Gasteiger partial charge in [-0.2, -0.15) is 0 Å². The summed E-state index contributed by atoms with van der Waals surface area (Å²) in [6.07, 6.45) is 2.19. The zero-order valence-corrected chi connectivity index (χ0v) is 13.3. The van der Waals surface area contributed by atoms with E-state index in [9.17, 15) is 4.79 Å². The van der Waals surface area contributed by atoms with Gasteiger partial charge in [-0.15, -0.1) is 11.3 Å². The Hall–Kier alpha value is 0.0900. The van der Waals surface area contributed by atoms with Crippen LogP contribution in [0, 0.1) is 5.92 Å². The standard InChI is InChI=1S/C11H14Br2N2OS/c12-9-4-8(10(13)17-9)11(16)15-3-1-2-7(5-14)6-15/h4,7H,1-3,5-6,14H2. The van der Waals surface area contributed by atoms with Gasteiger partial charge in [0.1, 0.15) is 0 Å². The number of hydrogen-bond donors (Lipinski definition) is 1. The number of hydrogen-bond acceptors (Lipinski definition) is 3. The van der Waals surface area contributed by atoms with Crippen molar-refractivity contribution in [1.29, 1.82) is 0 Å². The highest BCUT2D eigenvalue weighted by Gasteiger charge is 2.25. The molecular weight excluding hydrogens is 368 g/mol. The van der Waals surface area contributed by atoms with E-state index in [4.69, 9.17) is 5.73 Å². The lowest BCUT2D eigenvalue weighted by atomic mass is 9.98. The van der Waals surface area contributed by atoms with Gasteiger partial charge in [0.05, 0.1) is 13.1 Å². The first-order valence-electron chi connectivity index (χ1n) is 5.56. The minimum absolute atomic E-state index is 0.108. The molecule has 2 rings (SSSR count). The maximum atomic E-state index is 12.3. The highest BCUT2D eigenvalue weighted by molar-refractivity contribution is 9.12. The van der Waals surface area contributed by atoms with Crippen LogP contribution in [0.15, 0.2) is 13.6 Å². The molecule has 0 bridgehead atoms. The third-order valence-corrected chi connectivity index (χ3v) is 5.37. The highest BCUT2D eigenvalue weighted by atomic mass is 79.9. The van der Waals surface area contributed by atoms with Gasteiger partial charge in [0, 0.05) is 13.1 Å². The number of piperidine rings is 1. The molecule has 94 valence electrons. The zero-order valence-electron chi connectivity index (χ0n) is 9.29. The summed E-state index contributed by atoms with van der Waals surface area (Å²) in [7, 11) is 0. The van der Waals surface area contributed by atoms with Crippen LogP contribution in [0.4, 0.5) is 0 Å². The molecule has 1 aliphatic rings. The van der Waals surface area contributed by atoms with Crippen molar-refractivity contribution in [3.05, 3.63) is 19.2 Å². The van der Waals surface area contributed by atoms with Crippen molar-refractivity contribution in [2.45, 2.75) is 12.8 Å². The van der Waals surface area contributed by atoms with E-state index >= 15 is 0 Å². The molecule has 17 heavy (non-hydrogen) atoms. The van der Waals surface area contributed by atoms with Gasteiger partial charge in [0.25, 0.3) is 5.91 Å². The molecule has 1 unspecified atom stereocenters. The van der Waals surface area contributed by atoms with E-state index in [1.807, 2.05) is 11.0 Å². The summed E-state index contributed by atoms with van der Waals surface area (Å²) in [4.78, 5) is 14.3. The summed E-state index contributed by atoms with van der Waals surface area (Å²) in [5.41, 5.74) is 6.44. The number of nitrogens with two attached hydrogens (primary N) is 1. The fourth-order valence-corrected chi connectivity index (χ4v) is 4.88. The van der Waals surface area contributed by atoms with Gasteiger partial charge in [-0.1, -0.05) is 0 Å². The number of thiophene rings is 1. The number of nitrogens with zero attached hydrogens (tertiary/aromatic N) is 1. The van der Waals surface area contributed by atoms with E-state index in [2.05, 4.69) is 31.9 Å². The van der Waals surface area contributed by atoms with E-state index < -0.39 is 0 Å². The van der Waals surface area contributed by atoms with Gasteiger partial charge in [0.2, 0.25) is 0 Å². The third-order valence-electron chi connectivity index (χ3n) is 3.03. The van der Waals surface area contributed by atoms with Crippen LogP contribution in [0.2, 0.25) is 0 Å². The van der Waals surface area contributed by atoms with Gasteiger partial charge >= 0.3 is 0 Å². The van der Waals surface area contributed by atoms with Gasteiger partial charge in [0.15, 0.2) is 0 Å². The van der Waals surface area contributed by atoms with E-state index in [0.717, 1.165) is 39.1 Å². The molecule has 1 atom stereocenters. The molecule has 0 spiro atoms. The molecule has 1 saturated heterocycles. The Morgan fingerprint density at radius 2 is 2.35 bits per heavy atom. The van der Waals surface area contributed by atoms with E-state index in [0.29, 0.717) is 12.5 Å². The summed E-state index contributed by atoms with van der Waals surface area (Å²) in [6.45, 7) is 2.29. The van der Waals surface area contributed by atoms with Crippen LogP contribution in [-0.4, -0.2) is 30.4 Å². The quantitative estimate of drug-likeness (QED) is 0.855. The van der Waals surface area contributed by atoms with Crippen LogP contribution in [-0.2, 0) is 0 Å². The summed E-state index contributed by atoms with van der Waals surface area (Å²) in [5, 5.41) is 0. The molecule has 2 heterocycles. The third kappa shape index (κ3) is 3.10. The Balaban J connectivity index is 2.12. The summed E-state index contributed by atoms with van der Waals surface area (Å²) >= 11 is 8.36. The lowest BCUT2D eigenvalue weighted by Crippen LogP contribution is -2.42. The number of amides is 1. The van der Waals surface area contributed by atoms with E-state index in [1.165, 1.54) is 11.3 Å². The molecule has 1 aliphatic heterocycles. The van der Waals surface area contributed by atoms with Crippen molar-refractivity contribution in [2.75, 3.05) is 19.6 Å². The molecule has 2 N–H and O–H groups in total. The van der Waals surface area contributed by atoms with Crippen LogP contribution in [0.1, 0.15) is 23.2 Å². The van der Waals surface area contributed by atoms with Crippen molar-refractivity contribution >= 4 is 49.1 Å². The van der Waals surface area contributed by atoms with Crippen molar-refractivity contribution < 1.29 is 4.79 Å². The monoisotopic (exact) mass is 380 g/mol. The fraction of sp³-hybridized carbons (Fsp3) is 0.545. The predicted molar refractivity (Wildman–Crippen MR) is 77.4 cm³/mol. The Kier molecular flexibility index (Phi) is 4.63. The van der Waals surface area contributed by atoms with Crippen LogP contribution >= 0.6 is 43.2 Å². The second-order valence-corrected chi connectivity index (χ2v) is 7.98. The molecule has 1 aromatic rings. The van der Waals surface area contributed by atoms with Crippen molar-refractivity contribution in [2.24, 2.45) is 11.7 Å². The van der Waals surface area contributed by atoms with Crippen molar-refractivity contribution in [1.82, 2.24) is 4.90 Å². The maximum absolute atomic E-state index is 12.3. The molecule has 0 saturated carbocycles. The first kappa shape index (κ1) is 13.5. The Morgan fingerprint density at radius 1 is 1.59 bits per heavy atom. The summed E-state index contributed by atoms with van der Waals surface area (Å²) in [6, 6.07) is 1.88. The minimum atomic E-state index is 0.108. The van der Waals surface area contributed by atoms with Crippen molar-refractivity contribution in [3.8, 4) is 0 Å².